The van der Waals surface area contributed by atoms with Crippen LogP contribution in [0.3, 0.4) is 0 Å². The van der Waals surface area contributed by atoms with Crippen LogP contribution in [0.5, 0.6) is 0 Å². The average Bonchev–Trinajstić information content (AvgIpc) is 2.34. The second-order valence-electron chi connectivity index (χ2n) is 4.30. The van der Waals surface area contributed by atoms with Crippen molar-refractivity contribution < 1.29 is 0 Å². The van der Waals surface area contributed by atoms with Crippen molar-refractivity contribution in [1.29, 1.82) is 0 Å². The van der Waals surface area contributed by atoms with Crippen molar-refractivity contribution in [3.63, 3.8) is 0 Å². The third-order valence-corrected chi connectivity index (χ3v) is 3.16. The minimum absolute atomic E-state index is 0.412. The van der Waals surface area contributed by atoms with Gasteiger partial charge >= 0.3 is 0 Å². The molecule has 0 atom stereocenters. The lowest BCUT2D eigenvalue weighted by Crippen LogP contribution is -2.12. The van der Waals surface area contributed by atoms with Crippen LogP contribution in [0.1, 0.15) is 16.7 Å². The normalized spacial score (nSPS) is 10.1. The second kappa shape index (κ2) is 5.19. The summed E-state index contributed by atoms with van der Waals surface area (Å²) >= 11 is 5.10. The van der Waals surface area contributed by atoms with Gasteiger partial charge < -0.3 is 11.1 Å². The first-order valence-corrected chi connectivity index (χ1v) is 6.22. The fourth-order valence-electron chi connectivity index (χ4n) is 1.89. The van der Waals surface area contributed by atoms with Gasteiger partial charge in [-0.2, -0.15) is 0 Å². The lowest BCUT2D eigenvalue weighted by atomic mass is 10.1. The van der Waals surface area contributed by atoms with Crippen molar-refractivity contribution in [3.05, 3.63) is 59.2 Å². The first-order chi connectivity index (χ1) is 8.59. The van der Waals surface area contributed by atoms with Gasteiger partial charge in [-0.3, -0.25) is 0 Å². The number of rotatable bonds is 3. The Kier molecular flexibility index (Phi) is 3.63. The summed E-state index contributed by atoms with van der Waals surface area (Å²) in [7, 11) is 0. The number of aryl methyl sites for hydroxylation is 2. The van der Waals surface area contributed by atoms with Gasteiger partial charge in [0.15, 0.2) is 0 Å². The summed E-state index contributed by atoms with van der Waals surface area (Å²) in [5.74, 6) is 0. The van der Waals surface area contributed by atoms with Crippen LogP contribution in [0.15, 0.2) is 42.5 Å². The lowest BCUT2D eigenvalue weighted by molar-refractivity contribution is 1.38. The Morgan fingerprint density at radius 1 is 1.00 bits per heavy atom. The molecule has 0 fully saturated rings. The van der Waals surface area contributed by atoms with Gasteiger partial charge in [-0.25, -0.2) is 0 Å². The molecule has 0 aliphatic rings. The standard InChI is InChI=1S/C15H16N2S/c1-10-6-3-4-9-13(10)17-14-11(2)7-5-8-12(14)15(16)18/h3-9,17H,1-2H3,(H2,16,18). The highest BCUT2D eigenvalue weighted by Gasteiger charge is 2.08. The summed E-state index contributed by atoms with van der Waals surface area (Å²) in [6.07, 6.45) is 0. The molecule has 2 aromatic carbocycles. The quantitative estimate of drug-likeness (QED) is 0.823. The zero-order valence-corrected chi connectivity index (χ0v) is 11.3. The van der Waals surface area contributed by atoms with Crippen molar-refractivity contribution in [1.82, 2.24) is 0 Å². The van der Waals surface area contributed by atoms with E-state index in [0.29, 0.717) is 4.99 Å². The molecule has 2 nitrogen and oxygen atoms in total. The molecule has 0 amide bonds. The summed E-state index contributed by atoms with van der Waals surface area (Å²) < 4.78 is 0. The Balaban J connectivity index is 2.46. The first-order valence-electron chi connectivity index (χ1n) is 5.81. The molecule has 0 saturated heterocycles. The Labute approximate surface area is 113 Å². The maximum absolute atomic E-state index is 5.77. The molecule has 18 heavy (non-hydrogen) atoms. The van der Waals surface area contributed by atoms with Crippen molar-refractivity contribution in [3.8, 4) is 0 Å². The SMILES string of the molecule is Cc1ccccc1Nc1c(C)cccc1C(N)=S. The summed E-state index contributed by atoms with van der Waals surface area (Å²) in [5.41, 5.74) is 11.0. The van der Waals surface area contributed by atoms with E-state index < -0.39 is 0 Å². The highest BCUT2D eigenvalue weighted by Crippen LogP contribution is 2.26. The van der Waals surface area contributed by atoms with Crippen molar-refractivity contribution in [2.75, 3.05) is 5.32 Å². The zero-order valence-electron chi connectivity index (χ0n) is 10.5. The molecule has 2 rings (SSSR count). The molecule has 0 radical (unpaired) electrons. The van der Waals surface area contributed by atoms with Crippen LogP contribution >= 0.6 is 12.2 Å². The van der Waals surface area contributed by atoms with E-state index in [-0.39, 0.29) is 0 Å². The fourth-order valence-corrected chi connectivity index (χ4v) is 2.06. The number of nitrogens with two attached hydrogens (primary N) is 1. The van der Waals surface area contributed by atoms with Crippen molar-refractivity contribution in [2.45, 2.75) is 13.8 Å². The van der Waals surface area contributed by atoms with Crippen LogP contribution in [0.2, 0.25) is 0 Å². The molecule has 3 N–H and O–H groups in total. The topological polar surface area (TPSA) is 38.0 Å². The number of anilines is 2. The monoisotopic (exact) mass is 256 g/mol. The van der Waals surface area contributed by atoms with Gasteiger partial charge in [-0.1, -0.05) is 42.5 Å². The van der Waals surface area contributed by atoms with Gasteiger partial charge in [-0.15, -0.1) is 0 Å². The molecule has 92 valence electrons. The molecule has 0 saturated carbocycles. The Morgan fingerprint density at radius 3 is 2.33 bits per heavy atom. The van der Waals surface area contributed by atoms with E-state index in [0.717, 1.165) is 22.5 Å². The zero-order chi connectivity index (χ0) is 13.1. The molecule has 0 bridgehead atoms. The van der Waals surface area contributed by atoms with Gasteiger partial charge in [-0.05, 0) is 37.1 Å². The van der Waals surface area contributed by atoms with Crippen LogP contribution in [0.25, 0.3) is 0 Å². The third kappa shape index (κ3) is 2.51. The van der Waals surface area contributed by atoms with Crippen LogP contribution in [0, 0.1) is 13.8 Å². The molecule has 0 aliphatic heterocycles. The number of para-hydroxylation sites is 2. The Hall–Kier alpha value is -1.87. The van der Waals surface area contributed by atoms with E-state index >= 15 is 0 Å². The first kappa shape index (κ1) is 12.6. The van der Waals surface area contributed by atoms with Gasteiger partial charge in [0.05, 0.1) is 5.69 Å². The molecule has 0 heterocycles. The number of hydrogen-bond acceptors (Lipinski definition) is 2. The third-order valence-electron chi connectivity index (χ3n) is 2.94. The maximum atomic E-state index is 5.77. The highest BCUT2D eigenvalue weighted by molar-refractivity contribution is 7.80. The highest BCUT2D eigenvalue weighted by atomic mass is 32.1. The van der Waals surface area contributed by atoms with E-state index in [2.05, 4.69) is 18.3 Å². The van der Waals surface area contributed by atoms with Gasteiger partial charge in [0.2, 0.25) is 0 Å². The van der Waals surface area contributed by atoms with Crippen molar-refractivity contribution in [2.24, 2.45) is 5.73 Å². The molecular formula is C15H16N2S. The van der Waals surface area contributed by atoms with Crippen LogP contribution in [-0.2, 0) is 0 Å². The number of thiocarbonyl (C=S) groups is 1. The molecule has 3 heteroatoms. The van der Waals surface area contributed by atoms with Crippen molar-refractivity contribution >= 4 is 28.6 Å². The molecule has 0 spiro atoms. The summed E-state index contributed by atoms with van der Waals surface area (Å²) in [6, 6.07) is 14.1. The summed E-state index contributed by atoms with van der Waals surface area (Å²) in [6.45, 7) is 4.11. The summed E-state index contributed by atoms with van der Waals surface area (Å²) in [4.78, 5) is 0.412. The van der Waals surface area contributed by atoms with E-state index in [1.165, 1.54) is 5.56 Å². The largest absolute Gasteiger partial charge is 0.389 e. The van der Waals surface area contributed by atoms with E-state index in [4.69, 9.17) is 18.0 Å². The van der Waals surface area contributed by atoms with Crippen LogP contribution < -0.4 is 11.1 Å². The predicted molar refractivity (Wildman–Crippen MR) is 81.5 cm³/mol. The predicted octanol–water partition coefficient (Wildman–Crippen LogP) is 3.68. The Morgan fingerprint density at radius 2 is 1.67 bits per heavy atom. The smallest absolute Gasteiger partial charge is 0.106 e. The maximum Gasteiger partial charge on any atom is 0.106 e. The van der Waals surface area contributed by atoms with Gasteiger partial charge in [0.25, 0.3) is 0 Å². The molecule has 0 aliphatic carbocycles. The minimum atomic E-state index is 0.412. The Bertz CT molecular complexity index is 591. The summed E-state index contributed by atoms with van der Waals surface area (Å²) in [5, 5.41) is 3.42. The van der Waals surface area contributed by atoms with Crippen LogP contribution in [0.4, 0.5) is 11.4 Å². The van der Waals surface area contributed by atoms with Gasteiger partial charge in [0, 0.05) is 11.3 Å². The molecular weight excluding hydrogens is 240 g/mol. The fraction of sp³-hybridized carbons (Fsp3) is 0.133. The molecule has 2 aromatic rings. The molecule has 0 unspecified atom stereocenters. The van der Waals surface area contributed by atoms with Gasteiger partial charge in [0.1, 0.15) is 4.99 Å². The number of nitrogens with one attached hydrogen (secondary N) is 1. The number of benzene rings is 2. The van der Waals surface area contributed by atoms with E-state index in [1.54, 1.807) is 0 Å². The molecule has 0 aromatic heterocycles. The van der Waals surface area contributed by atoms with E-state index in [9.17, 15) is 0 Å². The lowest BCUT2D eigenvalue weighted by Gasteiger charge is -2.15. The van der Waals surface area contributed by atoms with Crippen LogP contribution in [-0.4, -0.2) is 4.99 Å². The average molecular weight is 256 g/mol. The minimum Gasteiger partial charge on any atom is -0.389 e. The second-order valence-corrected chi connectivity index (χ2v) is 4.74. The van der Waals surface area contributed by atoms with E-state index in [1.807, 2.05) is 43.3 Å². The number of hydrogen-bond donors (Lipinski definition) is 2.